The van der Waals surface area contributed by atoms with Crippen LogP contribution in [-0.4, -0.2) is 37.4 Å². The number of amides is 1. The fourth-order valence-corrected chi connectivity index (χ4v) is 2.91. The second-order valence-electron chi connectivity index (χ2n) is 6.98. The first-order valence-electron chi connectivity index (χ1n) is 9.28. The molecule has 1 fully saturated rings. The quantitative estimate of drug-likeness (QED) is 0.680. The molecule has 1 heterocycles. The van der Waals surface area contributed by atoms with Gasteiger partial charge in [0.2, 0.25) is 0 Å². The molecule has 1 N–H and O–H groups in total. The van der Waals surface area contributed by atoms with Crippen molar-refractivity contribution in [1.82, 2.24) is 5.32 Å². The largest absolute Gasteiger partial charge is 0.445 e. The van der Waals surface area contributed by atoms with Gasteiger partial charge in [-0.3, -0.25) is 0 Å². The highest BCUT2D eigenvalue weighted by atomic mass is 16.7. The standard InChI is InChI=1S/C20H29NO5/c1-15(2)12-17(18(13-22)26-19-10-6-7-11-24-19)21-20(23)25-14-16-8-4-3-5-9-16/h3-5,8-9,13,15,17-19H,6-7,10-12,14H2,1-2H3,(H,21,23)/t17-,18?,19?/m0/s1. The molecular weight excluding hydrogens is 334 g/mol. The Labute approximate surface area is 155 Å². The minimum atomic E-state index is -0.759. The first kappa shape index (κ1) is 20.4. The number of rotatable bonds is 9. The van der Waals surface area contributed by atoms with Gasteiger partial charge in [-0.25, -0.2) is 4.79 Å². The lowest BCUT2D eigenvalue weighted by molar-refractivity contribution is -0.191. The Balaban J connectivity index is 1.90. The van der Waals surface area contributed by atoms with E-state index in [1.54, 1.807) is 0 Å². The molecule has 0 bridgehead atoms. The molecule has 2 unspecified atom stereocenters. The second kappa shape index (κ2) is 10.9. The number of carbonyl (C=O) groups excluding carboxylic acids is 2. The number of hydrogen-bond donors (Lipinski definition) is 1. The molecule has 1 amide bonds. The number of benzene rings is 1. The number of carbonyl (C=O) groups is 2. The van der Waals surface area contributed by atoms with Gasteiger partial charge in [-0.05, 0) is 37.2 Å². The molecule has 144 valence electrons. The van der Waals surface area contributed by atoms with E-state index >= 15 is 0 Å². The Morgan fingerprint density at radius 2 is 2.08 bits per heavy atom. The van der Waals surface area contributed by atoms with Crippen LogP contribution in [0, 0.1) is 5.92 Å². The van der Waals surface area contributed by atoms with Gasteiger partial charge in [0.05, 0.1) is 6.04 Å². The zero-order valence-corrected chi connectivity index (χ0v) is 15.6. The monoisotopic (exact) mass is 363 g/mol. The highest BCUT2D eigenvalue weighted by Crippen LogP contribution is 2.18. The zero-order chi connectivity index (χ0) is 18.8. The third-order valence-corrected chi connectivity index (χ3v) is 4.22. The summed E-state index contributed by atoms with van der Waals surface area (Å²) in [6.07, 6.45) is 2.42. The van der Waals surface area contributed by atoms with Crippen LogP contribution < -0.4 is 5.32 Å². The van der Waals surface area contributed by atoms with Crippen molar-refractivity contribution in [2.45, 2.75) is 64.6 Å². The summed E-state index contributed by atoms with van der Waals surface area (Å²) in [7, 11) is 0. The van der Waals surface area contributed by atoms with Gasteiger partial charge in [0, 0.05) is 6.61 Å². The van der Waals surface area contributed by atoms with E-state index in [4.69, 9.17) is 14.2 Å². The fourth-order valence-electron chi connectivity index (χ4n) is 2.91. The third kappa shape index (κ3) is 7.14. The van der Waals surface area contributed by atoms with Crippen molar-refractivity contribution in [2.75, 3.05) is 6.61 Å². The molecule has 6 nitrogen and oxygen atoms in total. The summed E-state index contributed by atoms with van der Waals surface area (Å²) in [6.45, 7) is 4.88. The Morgan fingerprint density at radius 3 is 2.69 bits per heavy atom. The molecule has 1 aliphatic heterocycles. The molecule has 1 aromatic rings. The van der Waals surface area contributed by atoms with Crippen molar-refractivity contribution in [3.63, 3.8) is 0 Å². The summed E-state index contributed by atoms with van der Waals surface area (Å²) in [5.41, 5.74) is 0.904. The maximum Gasteiger partial charge on any atom is 0.407 e. The summed E-state index contributed by atoms with van der Waals surface area (Å²) in [5.74, 6) is 0.285. The average molecular weight is 363 g/mol. The van der Waals surface area contributed by atoms with E-state index in [9.17, 15) is 9.59 Å². The van der Waals surface area contributed by atoms with Crippen molar-refractivity contribution >= 4 is 12.4 Å². The van der Waals surface area contributed by atoms with E-state index < -0.39 is 24.5 Å². The van der Waals surface area contributed by atoms with Gasteiger partial charge in [-0.1, -0.05) is 44.2 Å². The smallest absolute Gasteiger partial charge is 0.407 e. The highest BCUT2D eigenvalue weighted by Gasteiger charge is 2.29. The van der Waals surface area contributed by atoms with Crippen molar-refractivity contribution in [1.29, 1.82) is 0 Å². The van der Waals surface area contributed by atoms with Gasteiger partial charge >= 0.3 is 6.09 Å². The first-order chi connectivity index (χ1) is 12.6. The summed E-state index contributed by atoms with van der Waals surface area (Å²) in [6, 6.07) is 8.99. The molecule has 26 heavy (non-hydrogen) atoms. The molecule has 0 spiro atoms. The highest BCUT2D eigenvalue weighted by molar-refractivity contribution is 5.69. The molecular formula is C20H29NO5. The van der Waals surface area contributed by atoms with Crippen LogP contribution in [0.5, 0.6) is 0 Å². The van der Waals surface area contributed by atoms with Crippen LogP contribution >= 0.6 is 0 Å². The van der Waals surface area contributed by atoms with E-state index in [-0.39, 0.29) is 12.5 Å². The molecule has 0 saturated carbocycles. The van der Waals surface area contributed by atoms with Gasteiger partial charge in [0.25, 0.3) is 0 Å². The minimum Gasteiger partial charge on any atom is -0.445 e. The van der Waals surface area contributed by atoms with Crippen molar-refractivity contribution in [2.24, 2.45) is 5.92 Å². The van der Waals surface area contributed by atoms with Crippen LogP contribution in [0.15, 0.2) is 30.3 Å². The number of aldehydes is 1. The Hall–Kier alpha value is -1.92. The predicted octanol–water partition coefficient (Wildman–Crippen LogP) is 3.44. The van der Waals surface area contributed by atoms with Gasteiger partial charge in [0.15, 0.2) is 12.6 Å². The van der Waals surface area contributed by atoms with Crippen molar-refractivity contribution in [3.8, 4) is 0 Å². The van der Waals surface area contributed by atoms with Gasteiger partial charge < -0.3 is 24.3 Å². The van der Waals surface area contributed by atoms with E-state index in [2.05, 4.69) is 5.32 Å². The van der Waals surface area contributed by atoms with Gasteiger partial charge in [-0.2, -0.15) is 0 Å². The van der Waals surface area contributed by atoms with Crippen LogP contribution in [0.3, 0.4) is 0 Å². The molecule has 6 heteroatoms. The molecule has 0 aromatic heterocycles. The summed E-state index contributed by atoms with van der Waals surface area (Å²) >= 11 is 0. The molecule has 1 aliphatic rings. The molecule has 3 atom stereocenters. The van der Waals surface area contributed by atoms with Crippen LogP contribution in [-0.2, 0) is 25.6 Å². The maximum absolute atomic E-state index is 12.2. The van der Waals surface area contributed by atoms with Crippen LogP contribution in [0.25, 0.3) is 0 Å². The molecule has 0 aliphatic carbocycles. The lowest BCUT2D eigenvalue weighted by Crippen LogP contribution is -2.48. The Kier molecular flexibility index (Phi) is 8.58. The topological polar surface area (TPSA) is 73.9 Å². The van der Waals surface area contributed by atoms with Crippen molar-refractivity contribution < 1.29 is 23.8 Å². The average Bonchev–Trinajstić information content (AvgIpc) is 2.65. The van der Waals surface area contributed by atoms with E-state index in [1.807, 2.05) is 44.2 Å². The lowest BCUT2D eigenvalue weighted by atomic mass is 9.99. The van der Waals surface area contributed by atoms with E-state index in [1.165, 1.54) is 0 Å². The van der Waals surface area contributed by atoms with Gasteiger partial charge in [0.1, 0.15) is 12.7 Å². The number of ether oxygens (including phenoxy) is 3. The Bertz CT molecular complexity index is 542. The van der Waals surface area contributed by atoms with Gasteiger partial charge in [-0.15, -0.1) is 0 Å². The van der Waals surface area contributed by atoms with E-state index in [0.717, 1.165) is 31.1 Å². The molecule has 1 saturated heterocycles. The number of nitrogens with one attached hydrogen (secondary N) is 1. The van der Waals surface area contributed by atoms with Crippen LogP contribution in [0.4, 0.5) is 4.79 Å². The summed E-state index contributed by atoms with van der Waals surface area (Å²) in [5, 5.41) is 2.79. The second-order valence-corrected chi connectivity index (χ2v) is 6.98. The predicted molar refractivity (Wildman–Crippen MR) is 97.5 cm³/mol. The fraction of sp³-hybridized carbons (Fsp3) is 0.600. The molecule has 0 radical (unpaired) electrons. The Morgan fingerprint density at radius 1 is 1.31 bits per heavy atom. The molecule has 1 aromatic carbocycles. The first-order valence-corrected chi connectivity index (χ1v) is 9.28. The van der Waals surface area contributed by atoms with E-state index in [0.29, 0.717) is 13.0 Å². The minimum absolute atomic E-state index is 0.180. The third-order valence-electron chi connectivity index (χ3n) is 4.22. The summed E-state index contributed by atoms with van der Waals surface area (Å²) in [4.78, 5) is 23.8. The normalized spacial score (nSPS) is 19.6. The molecule has 2 rings (SSSR count). The number of hydrogen-bond acceptors (Lipinski definition) is 5. The maximum atomic E-state index is 12.2. The van der Waals surface area contributed by atoms with Crippen LogP contribution in [0.2, 0.25) is 0 Å². The lowest BCUT2D eigenvalue weighted by Gasteiger charge is -2.30. The zero-order valence-electron chi connectivity index (χ0n) is 15.6. The number of alkyl carbamates (subject to hydrolysis) is 1. The van der Waals surface area contributed by atoms with Crippen LogP contribution in [0.1, 0.15) is 45.1 Å². The summed E-state index contributed by atoms with van der Waals surface area (Å²) < 4.78 is 16.6. The van der Waals surface area contributed by atoms with Crippen molar-refractivity contribution in [3.05, 3.63) is 35.9 Å². The SMILES string of the molecule is CC(C)C[C@H](NC(=O)OCc1ccccc1)C(C=O)OC1CCCCO1.